The van der Waals surface area contributed by atoms with Gasteiger partial charge in [-0.3, -0.25) is 0 Å². The van der Waals surface area contributed by atoms with Gasteiger partial charge in [-0.05, 0) is 35.4 Å². The summed E-state index contributed by atoms with van der Waals surface area (Å²) in [4.78, 5) is 17.5. The van der Waals surface area contributed by atoms with E-state index in [0.717, 1.165) is 27.9 Å². The monoisotopic (exact) mass is 535 g/mol. The topological polar surface area (TPSA) is 115 Å². The summed E-state index contributed by atoms with van der Waals surface area (Å²) in [5.41, 5.74) is 5.80. The summed E-state index contributed by atoms with van der Waals surface area (Å²) in [7, 11) is 0. The zero-order valence-corrected chi connectivity index (χ0v) is 21.9. The van der Waals surface area contributed by atoms with Gasteiger partial charge < -0.3 is 4.52 Å². The minimum Gasteiger partial charge on any atom is -0.364 e. The van der Waals surface area contributed by atoms with Crippen molar-refractivity contribution < 1.29 is 4.52 Å². The maximum absolute atomic E-state index is 13.3. The summed E-state index contributed by atoms with van der Waals surface area (Å²) < 4.78 is 7.56. The molecule has 2 aromatic carbocycles. The van der Waals surface area contributed by atoms with Crippen molar-refractivity contribution in [2.75, 3.05) is 0 Å². The van der Waals surface area contributed by atoms with Crippen LogP contribution in [0.1, 0.15) is 25.1 Å². The Hall–Kier alpha value is -5.07. The second-order valence-electron chi connectivity index (χ2n) is 8.24. The second-order valence-corrected chi connectivity index (χ2v) is 8.68. The molecule has 0 saturated heterocycles. The number of rotatable bonds is 5. The highest BCUT2D eigenvalue weighted by atomic mass is 35.5. The third-order valence-electron chi connectivity index (χ3n) is 5.96. The van der Waals surface area contributed by atoms with Crippen LogP contribution in [0.4, 0.5) is 0 Å². The highest BCUT2D eigenvalue weighted by molar-refractivity contribution is 6.30. The van der Waals surface area contributed by atoms with Crippen LogP contribution in [-0.2, 0) is 6.54 Å². The summed E-state index contributed by atoms with van der Waals surface area (Å²) in [5.74, 6) is 0. The lowest BCUT2D eigenvalue weighted by atomic mass is 9.98. The summed E-state index contributed by atoms with van der Waals surface area (Å²) in [6, 6.07) is 22.2. The number of nitrogens with zero attached hydrogens (tertiary/aromatic N) is 7. The molecule has 0 aliphatic heterocycles. The Morgan fingerprint density at radius 1 is 0.923 bits per heavy atom. The Labute approximate surface area is 228 Å². The van der Waals surface area contributed by atoms with E-state index in [1.54, 1.807) is 42.7 Å². The smallest absolute Gasteiger partial charge is 0.364 e. The van der Waals surface area contributed by atoms with Crippen molar-refractivity contribution in [2.24, 2.45) is 0 Å². The standard InChI is InChI=1S/C27H16ClN7O2.C2H6/c28-21-8-5-18(6-9-21)23-15-31-35-26(25(23)20-7-10-22(13-29)30-14-20)32-34(27(35)36)16-17-1-3-19(4-2-17)24-11-12-37-33-24;1-2/h1-12,14-15H,16H2;1-2H3. The highest BCUT2D eigenvalue weighted by Gasteiger charge is 2.19. The fourth-order valence-electron chi connectivity index (χ4n) is 4.12. The van der Waals surface area contributed by atoms with E-state index in [9.17, 15) is 10.1 Å². The molecule has 0 aliphatic carbocycles. The van der Waals surface area contributed by atoms with Gasteiger partial charge in [0.15, 0.2) is 5.65 Å². The Bertz CT molecular complexity index is 1820. The van der Waals surface area contributed by atoms with Crippen molar-refractivity contribution >= 4 is 17.2 Å². The lowest BCUT2D eigenvalue weighted by Gasteiger charge is -2.10. The van der Waals surface area contributed by atoms with E-state index in [0.29, 0.717) is 27.5 Å². The largest absolute Gasteiger partial charge is 0.367 e. The molecule has 6 rings (SSSR count). The zero-order chi connectivity index (χ0) is 27.4. The minimum absolute atomic E-state index is 0.253. The summed E-state index contributed by atoms with van der Waals surface area (Å²) in [6.07, 6.45) is 4.75. The number of fused-ring (bicyclic) bond motifs is 1. The van der Waals surface area contributed by atoms with Crippen LogP contribution in [0.5, 0.6) is 0 Å². The average molecular weight is 536 g/mol. The number of nitriles is 1. The molecule has 0 unspecified atom stereocenters. The summed E-state index contributed by atoms with van der Waals surface area (Å²) in [5, 5.41) is 22.8. The molecular formula is C29H22ClN7O2. The molecule has 4 heterocycles. The molecular weight excluding hydrogens is 514 g/mol. The fraction of sp³-hybridized carbons (Fsp3) is 0.103. The van der Waals surface area contributed by atoms with Crippen LogP contribution < -0.4 is 5.69 Å². The molecule has 9 nitrogen and oxygen atoms in total. The van der Waals surface area contributed by atoms with Crippen LogP contribution in [0, 0.1) is 11.3 Å². The molecule has 0 bridgehead atoms. The van der Waals surface area contributed by atoms with E-state index in [-0.39, 0.29) is 12.2 Å². The summed E-state index contributed by atoms with van der Waals surface area (Å²) in [6.45, 7) is 4.25. The van der Waals surface area contributed by atoms with Crippen molar-refractivity contribution in [2.45, 2.75) is 20.4 Å². The maximum atomic E-state index is 13.3. The van der Waals surface area contributed by atoms with Crippen molar-refractivity contribution in [3.63, 3.8) is 0 Å². The molecule has 10 heteroatoms. The SMILES string of the molecule is CC.N#Cc1ccc(-c2c(-c3ccc(Cl)cc3)cnn3c(=O)n(Cc4ccc(-c5ccon5)cc4)nc23)cn1. The number of hydrogen-bond donors (Lipinski definition) is 0. The van der Waals surface area contributed by atoms with Crippen LogP contribution in [0.3, 0.4) is 0 Å². The molecule has 0 aliphatic rings. The average Bonchev–Trinajstić information content (AvgIpc) is 3.63. The summed E-state index contributed by atoms with van der Waals surface area (Å²) >= 11 is 6.10. The molecule has 0 atom stereocenters. The number of pyridine rings is 1. The van der Waals surface area contributed by atoms with Gasteiger partial charge in [-0.2, -0.15) is 14.9 Å². The first kappa shape index (κ1) is 25.6. The Morgan fingerprint density at radius 2 is 1.64 bits per heavy atom. The molecule has 4 aromatic heterocycles. The van der Waals surface area contributed by atoms with Gasteiger partial charge in [-0.15, -0.1) is 5.10 Å². The second kappa shape index (κ2) is 11.1. The normalized spacial score (nSPS) is 10.6. The first-order valence-electron chi connectivity index (χ1n) is 12.2. The molecule has 6 aromatic rings. The quantitative estimate of drug-likeness (QED) is 0.271. The van der Waals surface area contributed by atoms with Gasteiger partial charge in [0.25, 0.3) is 0 Å². The van der Waals surface area contributed by atoms with Gasteiger partial charge in [0.2, 0.25) is 0 Å². The van der Waals surface area contributed by atoms with Gasteiger partial charge in [-0.1, -0.05) is 67.0 Å². The van der Waals surface area contributed by atoms with Crippen LogP contribution in [0.25, 0.3) is 39.2 Å². The van der Waals surface area contributed by atoms with Crippen LogP contribution >= 0.6 is 11.6 Å². The molecule has 0 saturated carbocycles. The molecule has 0 N–H and O–H groups in total. The predicted octanol–water partition coefficient (Wildman–Crippen LogP) is 5.87. The number of hydrogen-bond acceptors (Lipinski definition) is 7. The van der Waals surface area contributed by atoms with E-state index in [2.05, 4.69) is 20.3 Å². The van der Waals surface area contributed by atoms with E-state index < -0.39 is 0 Å². The lowest BCUT2D eigenvalue weighted by Crippen LogP contribution is -2.22. The van der Waals surface area contributed by atoms with Crippen molar-refractivity contribution in [3.05, 3.63) is 112 Å². The molecule has 0 radical (unpaired) electrons. The molecule has 192 valence electrons. The van der Waals surface area contributed by atoms with Gasteiger partial charge in [-0.25, -0.2) is 14.5 Å². The van der Waals surface area contributed by atoms with Crippen molar-refractivity contribution in [3.8, 4) is 39.6 Å². The van der Waals surface area contributed by atoms with Gasteiger partial charge in [0.1, 0.15) is 23.7 Å². The molecule has 0 fully saturated rings. The third-order valence-corrected chi connectivity index (χ3v) is 6.21. The number of halogens is 1. The highest BCUT2D eigenvalue weighted by Crippen LogP contribution is 2.34. The Morgan fingerprint density at radius 3 is 2.28 bits per heavy atom. The van der Waals surface area contributed by atoms with Crippen molar-refractivity contribution in [1.82, 2.24) is 29.5 Å². The Kier molecular flexibility index (Phi) is 7.30. The zero-order valence-electron chi connectivity index (χ0n) is 21.1. The van der Waals surface area contributed by atoms with Crippen molar-refractivity contribution in [1.29, 1.82) is 5.26 Å². The van der Waals surface area contributed by atoms with Crippen LogP contribution in [0.15, 0.2) is 94.7 Å². The van der Waals surface area contributed by atoms with E-state index >= 15 is 0 Å². The molecule has 39 heavy (non-hydrogen) atoms. The molecule has 0 spiro atoms. The van der Waals surface area contributed by atoms with Gasteiger partial charge in [0.05, 0.1) is 12.7 Å². The van der Waals surface area contributed by atoms with E-state index in [1.165, 1.54) is 15.5 Å². The van der Waals surface area contributed by atoms with Crippen LogP contribution in [-0.4, -0.2) is 29.5 Å². The lowest BCUT2D eigenvalue weighted by molar-refractivity contribution is 0.422. The van der Waals surface area contributed by atoms with Crippen LogP contribution in [0.2, 0.25) is 5.02 Å². The van der Waals surface area contributed by atoms with E-state index in [1.807, 2.05) is 56.3 Å². The number of aromatic nitrogens is 6. The maximum Gasteiger partial charge on any atom is 0.367 e. The minimum atomic E-state index is -0.374. The first-order chi connectivity index (χ1) is 19.1. The fourth-order valence-corrected chi connectivity index (χ4v) is 4.24. The van der Waals surface area contributed by atoms with Gasteiger partial charge in [0, 0.05) is 39.5 Å². The number of benzene rings is 2. The molecule has 0 amide bonds. The third kappa shape index (κ3) is 5.06. The predicted molar refractivity (Wildman–Crippen MR) is 148 cm³/mol. The first-order valence-corrected chi connectivity index (χ1v) is 12.6. The van der Waals surface area contributed by atoms with Gasteiger partial charge >= 0.3 is 5.69 Å². The Balaban J connectivity index is 0.00000151. The van der Waals surface area contributed by atoms with E-state index in [4.69, 9.17) is 16.1 Å².